The summed E-state index contributed by atoms with van der Waals surface area (Å²) in [6, 6.07) is 7.26. The van der Waals surface area contributed by atoms with Crippen molar-refractivity contribution in [1.29, 1.82) is 5.26 Å². The third-order valence-corrected chi connectivity index (χ3v) is 1.80. The van der Waals surface area contributed by atoms with Gasteiger partial charge in [0, 0.05) is 6.20 Å². The van der Waals surface area contributed by atoms with Crippen LogP contribution in [-0.4, -0.2) is 14.8 Å². The summed E-state index contributed by atoms with van der Waals surface area (Å²) in [6.45, 7) is 1.96. The molecule has 0 aliphatic carbocycles. The highest BCUT2D eigenvalue weighted by Gasteiger charge is 2.00. The van der Waals surface area contributed by atoms with Crippen molar-refractivity contribution in [2.75, 3.05) is 0 Å². The molecule has 0 spiro atoms. The average molecular weight is 184 g/mol. The van der Waals surface area contributed by atoms with E-state index < -0.39 is 0 Å². The Bertz CT molecular complexity index is 493. The molecule has 0 atom stereocenters. The highest BCUT2D eigenvalue weighted by molar-refractivity contribution is 5.29. The largest absolute Gasteiger partial charge is 0.222 e. The molecule has 0 radical (unpaired) electrons. The van der Waals surface area contributed by atoms with Gasteiger partial charge in [-0.25, -0.2) is 9.67 Å². The van der Waals surface area contributed by atoms with E-state index >= 15 is 0 Å². The summed E-state index contributed by atoms with van der Waals surface area (Å²) in [4.78, 5) is 4.11. The highest BCUT2D eigenvalue weighted by Crippen LogP contribution is 2.05. The maximum absolute atomic E-state index is 8.67. The van der Waals surface area contributed by atoms with E-state index in [0.717, 1.165) is 5.56 Å². The normalized spacial score (nSPS) is 9.71. The van der Waals surface area contributed by atoms with E-state index in [9.17, 15) is 0 Å². The van der Waals surface area contributed by atoms with Gasteiger partial charge in [-0.1, -0.05) is 6.07 Å². The molecule has 2 rings (SSSR count). The Kier molecular flexibility index (Phi) is 1.99. The molecular weight excluding hydrogens is 176 g/mol. The molecule has 0 aliphatic heterocycles. The van der Waals surface area contributed by atoms with Crippen molar-refractivity contribution in [3.8, 4) is 11.9 Å². The number of nitrogens with zero attached hydrogens (tertiary/aromatic N) is 4. The van der Waals surface area contributed by atoms with Gasteiger partial charge >= 0.3 is 0 Å². The SMILES string of the molecule is Cc1cnn(-c2cccc(C#N)n2)c1. The second kappa shape index (κ2) is 3.30. The topological polar surface area (TPSA) is 54.5 Å². The zero-order chi connectivity index (χ0) is 9.97. The number of rotatable bonds is 1. The number of aryl methyl sites for hydroxylation is 1. The van der Waals surface area contributed by atoms with E-state index in [1.54, 1.807) is 23.0 Å². The molecule has 2 aromatic rings. The second-order valence-corrected chi connectivity index (χ2v) is 2.96. The van der Waals surface area contributed by atoms with E-state index in [1.807, 2.05) is 25.3 Å². The van der Waals surface area contributed by atoms with Gasteiger partial charge in [-0.15, -0.1) is 0 Å². The van der Waals surface area contributed by atoms with Crippen molar-refractivity contribution < 1.29 is 0 Å². The van der Waals surface area contributed by atoms with Crippen LogP contribution in [0.25, 0.3) is 5.82 Å². The lowest BCUT2D eigenvalue weighted by Crippen LogP contribution is -1.98. The van der Waals surface area contributed by atoms with Gasteiger partial charge in [-0.05, 0) is 24.6 Å². The van der Waals surface area contributed by atoms with Crippen molar-refractivity contribution in [1.82, 2.24) is 14.8 Å². The molecular formula is C10H8N4. The van der Waals surface area contributed by atoms with Gasteiger partial charge in [-0.3, -0.25) is 0 Å². The van der Waals surface area contributed by atoms with Crippen LogP contribution in [0.5, 0.6) is 0 Å². The van der Waals surface area contributed by atoms with Crippen LogP contribution < -0.4 is 0 Å². The minimum absolute atomic E-state index is 0.399. The van der Waals surface area contributed by atoms with Crippen molar-refractivity contribution >= 4 is 0 Å². The molecule has 0 N–H and O–H groups in total. The van der Waals surface area contributed by atoms with Gasteiger partial charge in [0.15, 0.2) is 5.82 Å². The molecule has 2 aromatic heterocycles. The van der Waals surface area contributed by atoms with E-state index in [1.165, 1.54) is 0 Å². The third-order valence-electron chi connectivity index (χ3n) is 1.80. The monoisotopic (exact) mass is 184 g/mol. The molecule has 0 unspecified atom stereocenters. The lowest BCUT2D eigenvalue weighted by molar-refractivity contribution is 0.844. The number of pyridine rings is 1. The van der Waals surface area contributed by atoms with Crippen LogP contribution in [0.4, 0.5) is 0 Å². The second-order valence-electron chi connectivity index (χ2n) is 2.96. The molecule has 0 saturated heterocycles. The number of nitriles is 1. The maximum Gasteiger partial charge on any atom is 0.154 e. The lowest BCUT2D eigenvalue weighted by atomic mass is 10.3. The fraction of sp³-hybridized carbons (Fsp3) is 0.100. The minimum atomic E-state index is 0.399. The molecule has 4 nitrogen and oxygen atoms in total. The van der Waals surface area contributed by atoms with E-state index in [2.05, 4.69) is 10.1 Å². The van der Waals surface area contributed by atoms with Gasteiger partial charge in [0.05, 0.1) is 6.20 Å². The Morgan fingerprint density at radius 1 is 1.43 bits per heavy atom. The summed E-state index contributed by atoms with van der Waals surface area (Å²) in [5.41, 5.74) is 1.46. The Morgan fingerprint density at radius 2 is 2.29 bits per heavy atom. The summed E-state index contributed by atoms with van der Waals surface area (Å²) in [5, 5.41) is 12.8. The van der Waals surface area contributed by atoms with Crippen LogP contribution in [0.1, 0.15) is 11.3 Å². The van der Waals surface area contributed by atoms with Crippen LogP contribution >= 0.6 is 0 Å². The molecule has 2 heterocycles. The minimum Gasteiger partial charge on any atom is -0.222 e. The molecule has 14 heavy (non-hydrogen) atoms. The fourth-order valence-corrected chi connectivity index (χ4v) is 1.15. The standard InChI is InChI=1S/C10H8N4/c1-8-6-12-14(7-8)10-4-2-3-9(5-11)13-10/h2-4,6-7H,1H3. The Hall–Kier alpha value is -2.15. The van der Waals surface area contributed by atoms with Gasteiger partial charge in [-0.2, -0.15) is 10.4 Å². The summed E-state index contributed by atoms with van der Waals surface area (Å²) in [5.74, 6) is 0.664. The van der Waals surface area contributed by atoms with Crippen LogP contribution in [0.2, 0.25) is 0 Å². The van der Waals surface area contributed by atoms with E-state index in [4.69, 9.17) is 5.26 Å². The molecule has 4 heteroatoms. The summed E-state index contributed by atoms with van der Waals surface area (Å²) in [7, 11) is 0. The fourth-order valence-electron chi connectivity index (χ4n) is 1.15. The van der Waals surface area contributed by atoms with Crippen molar-refractivity contribution in [3.63, 3.8) is 0 Å². The quantitative estimate of drug-likeness (QED) is 0.674. The van der Waals surface area contributed by atoms with Crippen LogP contribution in [-0.2, 0) is 0 Å². The smallest absolute Gasteiger partial charge is 0.154 e. The van der Waals surface area contributed by atoms with Gasteiger partial charge < -0.3 is 0 Å². The number of hydrogen-bond donors (Lipinski definition) is 0. The Labute approximate surface area is 81.4 Å². The summed E-state index contributed by atoms with van der Waals surface area (Å²) in [6.07, 6.45) is 3.62. The molecule has 0 aromatic carbocycles. The average Bonchev–Trinajstić information content (AvgIpc) is 2.65. The molecule has 0 bridgehead atoms. The molecule has 68 valence electrons. The number of hydrogen-bond acceptors (Lipinski definition) is 3. The maximum atomic E-state index is 8.67. The lowest BCUT2D eigenvalue weighted by Gasteiger charge is -1.98. The first kappa shape index (κ1) is 8.45. The first-order valence-electron chi connectivity index (χ1n) is 4.18. The zero-order valence-corrected chi connectivity index (χ0v) is 7.68. The van der Waals surface area contributed by atoms with E-state index in [-0.39, 0.29) is 0 Å². The Morgan fingerprint density at radius 3 is 2.93 bits per heavy atom. The van der Waals surface area contributed by atoms with Gasteiger partial charge in [0.1, 0.15) is 11.8 Å². The number of aromatic nitrogens is 3. The van der Waals surface area contributed by atoms with Crippen molar-refractivity contribution in [2.45, 2.75) is 6.92 Å². The van der Waals surface area contributed by atoms with Crippen LogP contribution in [0, 0.1) is 18.3 Å². The Balaban J connectivity index is 2.47. The predicted molar refractivity (Wildman–Crippen MR) is 50.8 cm³/mol. The highest BCUT2D eigenvalue weighted by atomic mass is 15.3. The van der Waals surface area contributed by atoms with Crippen LogP contribution in [0.15, 0.2) is 30.6 Å². The third kappa shape index (κ3) is 1.48. The first-order chi connectivity index (χ1) is 6.79. The van der Waals surface area contributed by atoms with E-state index in [0.29, 0.717) is 11.5 Å². The molecule has 0 amide bonds. The summed E-state index contributed by atoms with van der Waals surface area (Å²) < 4.78 is 1.65. The zero-order valence-electron chi connectivity index (χ0n) is 7.68. The van der Waals surface area contributed by atoms with Crippen molar-refractivity contribution in [2.24, 2.45) is 0 Å². The van der Waals surface area contributed by atoms with Gasteiger partial charge in [0.25, 0.3) is 0 Å². The van der Waals surface area contributed by atoms with Gasteiger partial charge in [0.2, 0.25) is 0 Å². The van der Waals surface area contributed by atoms with Crippen LogP contribution in [0.3, 0.4) is 0 Å². The molecule has 0 aliphatic rings. The predicted octanol–water partition coefficient (Wildman–Crippen LogP) is 1.45. The van der Waals surface area contributed by atoms with Crippen molar-refractivity contribution in [3.05, 3.63) is 41.9 Å². The summed E-state index contributed by atoms with van der Waals surface area (Å²) >= 11 is 0. The molecule has 0 saturated carbocycles. The molecule has 0 fully saturated rings. The first-order valence-corrected chi connectivity index (χ1v) is 4.18.